The third kappa shape index (κ3) is 3.59. The van der Waals surface area contributed by atoms with Crippen molar-refractivity contribution in [1.82, 2.24) is 10.2 Å². The summed E-state index contributed by atoms with van der Waals surface area (Å²) in [4.78, 5) is 0. The quantitative estimate of drug-likeness (QED) is 0.544. The Balaban J connectivity index is 1.77. The predicted octanol–water partition coefficient (Wildman–Crippen LogP) is 4.79. The van der Waals surface area contributed by atoms with Crippen molar-refractivity contribution in [3.05, 3.63) is 66.4 Å². The lowest BCUT2D eigenvalue weighted by molar-refractivity contribution is 0.548. The van der Waals surface area contributed by atoms with Gasteiger partial charge < -0.3 is 0 Å². The summed E-state index contributed by atoms with van der Waals surface area (Å²) < 4.78 is 0. The molecule has 0 aliphatic rings. The Morgan fingerprint density at radius 2 is 1.75 bits per heavy atom. The first-order valence-corrected chi connectivity index (χ1v) is 8.11. The normalized spacial score (nSPS) is 12.4. The first kappa shape index (κ1) is 16.1. The van der Waals surface area contributed by atoms with Crippen LogP contribution in [-0.2, 0) is 5.41 Å². The number of hydrogen-bond acceptors (Lipinski definition) is 4. The molecule has 122 valence electrons. The van der Waals surface area contributed by atoms with Gasteiger partial charge in [-0.3, -0.25) is 5.43 Å². The summed E-state index contributed by atoms with van der Waals surface area (Å²) in [5.41, 5.74) is 5.44. The molecule has 1 heterocycles. The number of nitrogens with one attached hydrogen (secondary N) is 1. The maximum atomic E-state index is 4.52. The minimum atomic E-state index is 0.0287. The van der Waals surface area contributed by atoms with Crippen LogP contribution in [0.3, 0.4) is 0 Å². The third-order valence-corrected chi connectivity index (χ3v) is 4.18. The number of hydrazone groups is 1. The zero-order valence-corrected chi connectivity index (χ0v) is 14.3. The Kier molecular flexibility index (Phi) is 4.56. The minimum absolute atomic E-state index is 0.0287. The van der Waals surface area contributed by atoms with E-state index in [1.165, 1.54) is 5.56 Å². The van der Waals surface area contributed by atoms with Crippen LogP contribution in [0.2, 0.25) is 0 Å². The molecule has 0 radical (unpaired) electrons. The van der Waals surface area contributed by atoms with E-state index >= 15 is 0 Å². The lowest BCUT2D eigenvalue weighted by Gasteiger charge is -2.25. The van der Waals surface area contributed by atoms with Crippen LogP contribution in [0.25, 0.3) is 10.8 Å². The van der Waals surface area contributed by atoms with Crippen molar-refractivity contribution in [2.45, 2.75) is 32.6 Å². The van der Waals surface area contributed by atoms with Crippen LogP contribution in [0, 0.1) is 0 Å². The molecule has 0 amide bonds. The molecule has 0 saturated carbocycles. The molecule has 0 fully saturated rings. The number of fused-ring (bicyclic) bond motifs is 1. The van der Waals surface area contributed by atoms with Crippen LogP contribution < -0.4 is 5.43 Å². The summed E-state index contributed by atoms with van der Waals surface area (Å²) in [6, 6.07) is 18.5. The first-order chi connectivity index (χ1) is 11.6. The van der Waals surface area contributed by atoms with Crippen LogP contribution >= 0.6 is 0 Å². The highest BCUT2D eigenvalue weighted by molar-refractivity contribution is 5.91. The standard InChI is InChI=1S/C20H22N4/c1-15(13-20(2,3)17-10-5-4-6-11-17)22-24-19-18-12-8-7-9-16(18)14-21-23-19/h4-12,14H,13H2,1-3H3,(H,23,24)/b22-15-. The Labute approximate surface area is 142 Å². The van der Waals surface area contributed by atoms with E-state index < -0.39 is 0 Å². The summed E-state index contributed by atoms with van der Waals surface area (Å²) in [5.74, 6) is 0.685. The van der Waals surface area contributed by atoms with E-state index in [9.17, 15) is 0 Å². The molecular formula is C20H22N4. The van der Waals surface area contributed by atoms with Gasteiger partial charge in [-0.1, -0.05) is 68.4 Å². The minimum Gasteiger partial charge on any atom is -0.259 e. The molecule has 24 heavy (non-hydrogen) atoms. The van der Waals surface area contributed by atoms with Crippen LogP contribution in [0.5, 0.6) is 0 Å². The highest BCUT2D eigenvalue weighted by Crippen LogP contribution is 2.27. The van der Waals surface area contributed by atoms with Gasteiger partial charge >= 0.3 is 0 Å². The number of nitrogens with zero attached hydrogens (tertiary/aromatic N) is 3. The molecule has 0 aliphatic carbocycles. The van der Waals surface area contributed by atoms with E-state index in [0.717, 1.165) is 22.9 Å². The van der Waals surface area contributed by atoms with Crippen LogP contribution in [-0.4, -0.2) is 15.9 Å². The van der Waals surface area contributed by atoms with Crippen molar-refractivity contribution >= 4 is 22.3 Å². The van der Waals surface area contributed by atoms with Gasteiger partial charge in [0.05, 0.1) is 6.20 Å². The molecule has 1 N–H and O–H groups in total. The second kappa shape index (κ2) is 6.79. The van der Waals surface area contributed by atoms with Gasteiger partial charge in [-0.25, -0.2) is 0 Å². The largest absolute Gasteiger partial charge is 0.259 e. The molecule has 4 heteroatoms. The monoisotopic (exact) mass is 318 g/mol. The SMILES string of the molecule is C/C(CC(C)(C)c1ccccc1)=N/Nc1nncc2ccccc12. The van der Waals surface area contributed by atoms with E-state index in [2.05, 4.69) is 58.8 Å². The molecule has 0 aliphatic heterocycles. The predicted molar refractivity (Wildman–Crippen MR) is 100 cm³/mol. The van der Waals surface area contributed by atoms with Gasteiger partial charge in [-0.05, 0) is 24.3 Å². The molecule has 0 unspecified atom stereocenters. The van der Waals surface area contributed by atoms with Gasteiger partial charge in [0.2, 0.25) is 0 Å². The molecule has 0 bridgehead atoms. The van der Waals surface area contributed by atoms with E-state index in [1.807, 2.05) is 37.3 Å². The fourth-order valence-electron chi connectivity index (χ4n) is 2.93. The van der Waals surface area contributed by atoms with Crippen LogP contribution in [0.1, 0.15) is 32.8 Å². The third-order valence-electron chi connectivity index (χ3n) is 4.18. The average molecular weight is 318 g/mol. The zero-order chi connectivity index (χ0) is 17.0. The molecule has 1 aromatic heterocycles. The van der Waals surface area contributed by atoms with Crippen molar-refractivity contribution in [3.8, 4) is 0 Å². The fourth-order valence-corrected chi connectivity index (χ4v) is 2.93. The van der Waals surface area contributed by atoms with Gasteiger partial charge in [0.1, 0.15) is 0 Å². The van der Waals surface area contributed by atoms with E-state index in [4.69, 9.17) is 0 Å². The lowest BCUT2D eigenvalue weighted by Crippen LogP contribution is -2.21. The van der Waals surface area contributed by atoms with Crippen LogP contribution in [0.4, 0.5) is 5.82 Å². The number of benzene rings is 2. The molecule has 2 aromatic carbocycles. The molecule has 3 aromatic rings. The smallest absolute Gasteiger partial charge is 0.176 e. The molecule has 4 nitrogen and oxygen atoms in total. The van der Waals surface area contributed by atoms with Crippen molar-refractivity contribution in [1.29, 1.82) is 0 Å². The highest BCUT2D eigenvalue weighted by Gasteiger charge is 2.21. The van der Waals surface area contributed by atoms with Gasteiger partial charge in [0.25, 0.3) is 0 Å². The van der Waals surface area contributed by atoms with Crippen molar-refractivity contribution in [3.63, 3.8) is 0 Å². The summed E-state index contributed by atoms with van der Waals surface area (Å²) in [7, 11) is 0. The summed E-state index contributed by atoms with van der Waals surface area (Å²) in [5, 5.41) is 14.8. The Hall–Kier alpha value is -2.75. The maximum Gasteiger partial charge on any atom is 0.176 e. The summed E-state index contributed by atoms with van der Waals surface area (Å²) in [6.45, 7) is 6.51. The van der Waals surface area contributed by atoms with Crippen molar-refractivity contribution in [2.24, 2.45) is 5.10 Å². The fraction of sp³-hybridized carbons (Fsp3) is 0.250. The first-order valence-electron chi connectivity index (χ1n) is 8.11. The maximum absolute atomic E-state index is 4.52. The second-order valence-corrected chi connectivity index (χ2v) is 6.67. The van der Waals surface area contributed by atoms with E-state index in [-0.39, 0.29) is 5.41 Å². The van der Waals surface area contributed by atoms with E-state index in [0.29, 0.717) is 5.82 Å². The average Bonchev–Trinajstić information content (AvgIpc) is 2.60. The van der Waals surface area contributed by atoms with Gasteiger partial charge in [0, 0.05) is 16.5 Å². The molecule has 0 spiro atoms. The lowest BCUT2D eigenvalue weighted by atomic mass is 9.80. The Morgan fingerprint density at radius 3 is 2.54 bits per heavy atom. The van der Waals surface area contributed by atoms with E-state index in [1.54, 1.807) is 6.20 Å². The number of aromatic nitrogens is 2. The zero-order valence-electron chi connectivity index (χ0n) is 14.3. The molecule has 0 atom stereocenters. The van der Waals surface area contributed by atoms with Gasteiger partial charge in [-0.2, -0.15) is 10.2 Å². The second-order valence-electron chi connectivity index (χ2n) is 6.67. The van der Waals surface area contributed by atoms with Crippen molar-refractivity contribution in [2.75, 3.05) is 5.43 Å². The van der Waals surface area contributed by atoms with Gasteiger partial charge in [0.15, 0.2) is 5.82 Å². The number of hydrogen-bond donors (Lipinski definition) is 1. The summed E-state index contributed by atoms with van der Waals surface area (Å²) in [6.07, 6.45) is 2.62. The number of anilines is 1. The Bertz CT molecular complexity index is 848. The highest BCUT2D eigenvalue weighted by atomic mass is 15.3. The topological polar surface area (TPSA) is 50.2 Å². The molecular weight excluding hydrogens is 296 g/mol. The van der Waals surface area contributed by atoms with Gasteiger partial charge in [-0.15, -0.1) is 5.10 Å². The van der Waals surface area contributed by atoms with Crippen LogP contribution in [0.15, 0.2) is 65.9 Å². The summed E-state index contributed by atoms with van der Waals surface area (Å²) >= 11 is 0. The Morgan fingerprint density at radius 1 is 1.04 bits per heavy atom. The van der Waals surface area contributed by atoms with Crippen molar-refractivity contribution < 1.29 is 0 Å². The molecule has 0 saturated heterocycles. The molecule has 3 rings (SSSR count). The number of rotatable bonds is 5.